The third-order valence-electron chi connectivity index (χ3n) is 3.86. The fraction of sp³-hybridized carbons (Fsp3) is 0.222. The summed E-state index contributed by atoms with van der Waals surface area (Å²) in [4.78, 5) is 27.3. The second-order valence-corrected chi connectivity index (χ2v) is 5.72. The van der Waals surface area contributed by atoms with Crippen LogP contribution in [-0.2, 0) is 4.84 Å². The van der Waals surface area contributed by atoms with Crippen LogP contribution in [0.1, 0.15) is 29.3 Å². The molecule has 1 atom stereocenters. The molecule has 1 heterocycles. The Morgan fingerprint density at radius 1 is 1.27 bits per heavy atom. The van der Waals surface area contributed by atoms with Crippen LogP contribution in [0.2, 0.25) is 0 Å². The highest BCUT2D eigenvalue weighted by Crippen LogP contribution is 2.31. The lowest BCUT2D eigenvalue weighted by Gasteiger charge is -2.24. The first-order chi connectivity index (χ1) is 12.5. The maximum atomic E-state index is 12.1. The molecule has 2 aromatic rings. The Kier molecular flexibility index (Phi) is 4.83. The first-order valence-corrected chi connectivity index (χ1v) is 7.85. The van der Waals surface area contributed by atoms with Crippen molar-refractivity contribution < 1.29 is 24.0 Å². The summed E-state index contributed by atoms with van der Waals surface area (Å²) >= 11 is 0. The van der Waals surface area contributed by atoms with Crippen LogP contribution >= 0.6 is 0 Å². The van der Waals surface area contributed by atoms with Crippen LogP contribution in [0.25, 0.3) is 0 Å². The highest BCUT2D eigenvalue weighted by atomic mass is 16.7. The van der Waals surface area contributed by atoms with E-state index in [0.29, 0.717) is 23.6 Å². The maximum absolute atomic E-state index is 12.1. The van der Waals surface area contributed by atoms with Crippen molar-refractivity contribution in [1.82, 2.24) is 0 Å². The fourth-order valence-corrected chi connectivity index (χ4v) is 2.56. The van der Waals surface area contributed by atoms with Crippen LogP contribution in [0, 0.1) is 10.1 Å². The Bertz CT molecular complexity index is 876. The lowest BCUT2D eigenvalue weighted by molar-refractivity contribution is -0.384. The topological polar surface area (TPSA) is 100 Å². The zero-order chi connectivity index (χ0) is 18.7. The predicted octanol–water partition coefficient (Wildman–Crippen LogP) is 3.34. The molecule has 0 saturated heterocycles. The van der Waals surface area contributed by atoms with Gasteiger partial charge in [-0.05, 0) is 31.2 Å². The van der Waals surface area contributed by atoms with Gasteiger partial charge in [0.2, 0.25) is 0 Å². The van der Waals surface area contributed by atoms with E-state index < -0.39 is 10.9 Å². The zero-order valence-electron chi connectivity index (χ0n) is 14.2. The maximum Gasteiger partial charge on any atom is 0.365 e. The summed E-state index contributed by atoms with van der Waals surface area (Å²) in [6.07, 6.45) is 0.346. The molecule has 26 heavy (non-hydrogen) atoms. The van der Waals surface area contributed by atoms with Crippen molar-refractivity contribution in [3.8, 4) is 11.5 Å². The van der Waals surface area contributed by atoms with E-state index in [9.17, 15) is 14.9 Å². The molecule has 0 fully saturated rings. The van der Waals surface area contributed by atoms with E-state index in [1.54, 1.807) is 25.3 Å². The van der Waals surface area contributed by atoms with Gasteiger partial charge in [0.05, 0.1) is 23.3 Å². The Balaban J connectivity index is 1.80. The number of hydrogen-bond acceptors (Lipinski definition) is 7. The van der Waals surface area contributed by atoms with Gasteiger partial charge in [-0.3, -0.25) is 10.1 Å². The first kappa shape index (κ1) is 17.4. The number of oxime groups is 1. The smallest absolute Gasteiger partial charge is 0.365 e. The van der Waals surface area contributed by atoms with Crippen LogP contribution in [0.4, 0.5) is 5.69 Å². The lowest BCUT2D eigenvalue weighted by Crippen LogP contribution is -2.25. The summed E-state index contributed by atoms with van der Waals surface area (Å²) < 4.78 is 10.9. The Morgan fingerprint density at radius 2 is 2.00 bits per heavy atom. The SMILES string of the molecule is COc1ccc2c(c1)OC(C)CC2=NOC(=O)c1ccc([N+](=O)[O-])cc1. The number of nitrogens with zero attached hydrogens (tertiary/aromatic N) is 2. The van der Waals surface area contributed by atoms with E-state index >= 15 is 0 Å². The molecule has 0 N–H and O–H groups in total. The molecule has 0 aromatic heterocycles. The summed E-state index contributed by atoms with van der Waals surface area (Å²) in [6.45, 7) is 1.89. The van der Waals surface area contributed by atoms with E-state index in [0.717, 1.165) is 5.56 Å². The molecule has 8 heteroatoms. The van der Waals surface area contributed by atoms with Crippen molar-refractivity contribution in [1.29, 1.82) is 0 Å². The van der Waals surface area contributed by atoms with Gasteiger partial charge in [0, 0.05) is 30.2 Å². The van der Waals surface area contributed by atoms with Crippen molar-refractivity contribution in [3.63, 3.8) is 0 Å². The van der Waals surface area contributed by atoms with Crippen molar-refractivity contribution in [2.45, 2.75) is 19.4 Å². The molecule has 0 bridgehead atoms. The van der Waals surface area contributed by atoms with Gasteiger partial charge < -0.3 is 14.3 Å². The summed E-state index contributed by atoms with van der Waals surface area (Å²) in [5.41, 5.74) is 1.38. The third-order valence-corrected chi connectivity index (χ3v) is 3.86. The number of methoxy groups -OCH3 is 1. The van der Waals surface area contributed by atoms with Crippen LogP contribution in [0.15, 0.2) is 47.6 Å². The number of carbonyl (C=O) groups excluding carboxylic acids is 1. The van der Waals surface area contributed by atoms with Crippen LogP contribution < -0.4 is 9.47 Å². The summed E-state index contributed by atoms with van der Waals surface area (Å²) in [5.74, 6) is 0.565. The summed E-state index contributed by atoms with van der Waals surface area (Å²) in [6, 6.07) is 10.4. The standard InChI is InChI=1S/C18H16N2O6/c1-11-9-16(15-8-7-14(24-2)10-17(15)25-11)19-26-18(21)12-3-5-13(6-4-12)20(22)23/h3-8,10-11H,9H2,1-2H3. The van der Waals surface area contributed by atoms with Gasteiger partial charge in [0.25, 0.3) is 5.69 Å². The molecule has 8 nitrogen and oxygen atoms in total. The van der Waals surface area contributed by atoms with Crippen molar-refractivity contribution in [2.24, 2.45) is 5.16 Å². The molecule has 0 saturated carbocycles. The molecule has 0 radical (unpaired) electrons. The van der Waals surface area contributed by atoms with Crippen LogP contribution in [0.5, 0.6) is 11.5 Å². The monoisotopic (exact) mass is 356 g/mol. The van der Waals surface area contributed by atoms with Gasteiger partial charge in [-0.15, -0.1) is 0 Å². The van der Waals surface area contributed by atoms with Gasteiger partial charge in [0.15, 0.2) is 0 Å². The number of rotatable bonds is 4. The third kappa shape index (κ3) is 3.64. The van der Waals surface area contributed by atoms with E-state index in [1.807, 2.05) is 6.92 Å². The molecule has 1 aliphatic rings. The molecule has 3 rings (SSSR count). The second kappa shape index (κ2) is 7.22. The van der Waals surface area contributed by atoms with Crippen LogP contribution in [0.3, 0.4) is 0 Å². The summed E-state index contributed by atoms with van der Waals surface area (Å²) in [5, 5.41) is 14.6. The number of hydrogen-bond donors (Lipinski definition) is 0. The number of nitro groups is 1. The zero-order valence-corrected chi connectivity index (χ0v) is 14.2. The number of carbonyl (C=O) groups is 1. The number of benzene rings is 2. The largest absolute Gasteiger partial charge is 0.497 e. The molecule has 0 amide bonds. The molecule has 0 aliphatic carbocycles. The molecular weight excluding hydrogens is 340 g/mol. The number of nitro benzene ring substituents is 1. The molecule has 2 aromatic carbocycles. The highest BCUT2D eigenvalue weighted by Gasteiger charge is 2.24. The van der Waals surface area contributed by atoms with E-state index in [1.165, 1.54) is 24.3 Å². The summed E-state index contributed by atoms with van der Waals surface area (Å²) in [7, 11) is 1.56. The predicted molar refractivity (Wildman–Crippen MR) is 92.7 cm³/mol. The molecule has 134 valence electrons. The van der Waals surface area contributed by atoms with Crippen molar-refractivity contribution in [3.05, 3.63) is 63.7 Å². The Hall–Kier alpha value is -3.42. The molecule has 1 unspecified atom stereocenters. The van der Waals surface area contributed by atoms with Gasteiger partial charge in [-0.25, -0.2) is 4.79 Å². The number of non-ortho nitro benzene ring substituents is 1. The van der Waals surface area contributed by atoms with Gasteiger partial charge in [0.1, 0.15) is 17.6 Å². The minimum atomic E-state index is -0.693. The molecule has 1 aliphatic heterocycles. The lowest BCUT2D eigenvalue weighted by atomic mass is 10.0. The highest BCUT2D eigenvalue weighted by molar-refractivity contribution is 6.04. The van der Waals surface area contributed by atoms with Crippen molar-refractivity contribution >= 4 is 17.4 Å². The average molecular weight is 356 g/mol. The Labute approximate surface area is 149 Å². The minimum Gasteiger partial charge on any atom is -0.497 e. The normalized spacial score (nSPS) is 17.2. The first-order valence-electron chi connectivity index (χ1n) is 7.85. The average Bonchev–Trinajstić information content (AvgIpc) is 2.65. The van der Waals surface area contributed by atoms with Gasteiger partial charge in [-0.1, -0.05) is 5.16 Å². The number of ether oxygens (including phenoxy) is 2. The minimum absolute atomic E-state index is 0.103. The van der Waals surface area contributed by atoms with Crippen molar-refractivity contribution in [2.75, 3.05) is 7.11 Å². The van der Waals surface area contributed by atoms with Crippen LogP contribution in [-0.4, -0.2) is 29.8 Å². The quantitative estimate of drug-likeness (QED) is 0.473. The second-order valence-electron chi connectivity index (χ2n) is 5.72. The fourth-order valence-electron chi connectivity index (χ4n) is 2.56. The Morgan fingerprint density at radius 3 is 2.65 bits per heavy atom. The van der Waals surface area contributed by atoms with E-state index in [4.69, 9.17) is 14.3 Å². The number of fused-ring (bicyclic) bond motifs is 1. The molecule has 0 spiro atoms. The van der Waals surface area contributed by atoms with Gasteiger partial charge >= 0.3 is 5.97 Å². The van der Waals surface area contributed by atoms with E-state index in [-0.39, 0.29) is 17.4 Å². The van der Waals surface area contributed by atoms with Gasteiger partial charge in [-0.2, -0.15) is 0 Å². The van der Waals surface area contributed by atoms with E-state index in [2.05, 4.69) is 5.16 Å². The molecular formula is C18H16N2O6.